The summed E-state index contributed by atoms with van der Waals surface area (Å²) >= 11 is 0. The first kappa shape index (κ1) is 9.40. The van der Waals surface area contributed by atoms with Crippen LogP contribution in [0.5, 0.6) is 0 Å². The smallest absolute Gasteiger partial charge is 0.338 e. The van der Waals surface area contributed by atoms with E-state index in [2.05, 4.69) is 24.3 Å². The van der Waals surface area contributed by atoms with E-state index < -0.39 is 0 Å². The first-order valence-corrected chi connectivity index (χ1v) is 5.47. The van der Waals surface area contributed by atoms with E-state index in [-0.39, 0.29) is 23.9 Å². The lowest BCUT2D eigenvalue weighted by molar-refractivity contribution is 0.0232. The molecule has 0 N–H and O–H groups in total. The summed E-state index contributed by atoms with van der Waals surface area (Å²) in [6, 6.07) is 9.13. The van der Waals surface area contributed by atoms with Crippen molar-refractivity contribution < 1.29 is 9.53 Å². The highest BCUT2D eigenvalue weighted by molar-refractivity contribution is 5.89. The maximum absolute atomic E-state index is 11.8. The van der Waals surface area contributed by atoms with Crippen LogP contribution in [0.3, 0.4) is 0 Å². The number of benzene rings is 1. The Labute approximate surface area is 94.2 Å². The number of carbonyl (C=O) groups is 1. The van der Waals surface area contributed by atoms with E-state index >= 15 is 0 Å². The Balaban J connectivity index is 1.71. The zero-order valence-electron chi connectivity index (χ0n) is 8.74. The van der Waals surface area contributed by atoms with Crippen LogP contribution >= 0.6 is 0 Å². The van der Waals surface area contributed by atoms with Crippen LogP contribution in [0.1, 0.15) is 10.4 Å². The summed E-state index contributed by atoms with van der Waals surface area (Å²) in [5, 5.41) is 0. The molecule has 2 heteroatoms. The molecule has 0 amide bonds. The molecular weight excluding hydrogens is 200 g/mol. The Hall–Kier alpha value is -1.83. The van der Waals surface area contributed by atoms with Crippen LogP contribution < -0.4 is 0 Å². The van der Waals surface area contributed by atoms with Crippen molar-refractivity contribution in [3.05, 3.63) is 60.2 Å². The predicted octanol–water partition coefficient (Wildman–Crippen LogP) is 2.58. The third kappa shape index (κ3) is 1.47. The molecule has 0 aliphatic heterocycles. The van der Waals surface area contributed by atoms with Gasteiger partial charge >= 0.3 is 5.97 Å². The third-order valence-corrected chi connectivity index (χ3v) is 3.12. The van der Waals surface area contributed by atoms with Gasteiger partial charge in [0.1, 0.15) is 6.10 Å². The predicted molar refractivity (Wildman–Crippen MR) is 60.9 cm³/mol. The van der Waals surface area contributed by atoms with Crippen LogP contribution in [0.2, 0.25) is 0 Å². The van der Waals surface area contributed by atoms with Crippen LogP contribution in [0.25, 0.3) is 0 Å². The van der Waals surface area contributed by atoms with Gasteiger partial charge in [0.05, 0.1) is 5.56 Å². The molecular formula is C14H12O2. The molecule has 1 aromatic rings. The summed E-state index contributed by atoms with van der Waals surface area (Å²) in [5.74, 6) is 0.323. The number of ether oxygens (including phenoxy) is 1. The largest absolute Gasteiger partial charge is 0.457 e. The van der Waals surface area contributed by atoms with E-state index in [4.69, 9.17) is 4.74 Å². The molecule has 2 bridgehead atoms. The van der Waals surface area contributed by atoms with E-state index in [0.29, 0.717) is 5.56 Å². The maximum atomic E-state index is 11.8. The Kier molecular flexibility index (Phi) is 2.13. The fourth-order valence-corrected chi connectivity index (χ4v) is 2.26. The molecule has 0 saturated carbocycles. The minimum atomic E-state index is -0.229. The second-order valence-electron chi connectivity index (χ2n) is 4.16. The molecule has 80 valence electrons. The van der Waals surface area contributed by atoms with Crippen LogP contribution in [0, 0.1) is 11.8 Å². The number of hydrogen-bond donors (Lipinski definition) is 0. The highest BCUT2D eigenvalue weighted by atomic mass is 16.5. The summed E-state index contributed by atoms with van der Waals surface area (Å²) < 4.78 is 5.52. The lowest BCUT2D eigenvalue weighted by Gasteiger charge is -2.17. The lowest BCUT2D eigenvalue weighted by atomic mass is 10.1. The molecule has 0 spiro atoms. The summed E-state index contributed by atoms with van der Waals surface area (Å²) in [7, 11) is 0. The van der Waals surface area contributed by atoms with Crippen molar-refractivity contribution in [2.45, 2.75) is 6.10 Å². The van der Waals surface area contributed by atoms with Gasteiger partial charge in [0.2, 0.25) is 0 Å². The van der Waals surface area contributed by atoms with Crippen molar-refractivity contribution in [3.63, 3.8) is 0 Å². The number of fused-ring (bicyclic) bond motifs is 2. The summed E-state index contributed by atoms with van der Waals surface area (Å²) in [4.78, 5) is 11.8. The standard InChI is InChI=1S/C14H12O2/c15-14(12-4-2-1-3-5-12)16-13-10-6-7-11(13)9-8-10/h1-11,13H. The second kappa shape index (κ2) is 3.63. The Morgan fingerprint density at radius 2 is 1.50 bits per heavy atom. The fourth-order valence-electron chi connectivity index (χ4n) is 2.26. The molecule has 0 aromatic heterocycles. The van der Waals surface area contributed by atoms with Gasteiger partial charge < -0.3 is 4.74 Å². The average molecular weight is 212 g/mol. The van der Waals surface area contributed by atoms with Gasteiger partial charge in [-0.2, -0.15) is 0 Å². The Bertz CT molecular complexity index is 429. The zero-order chi connectivity index (χ0) is 11.0. The van der Waals surface area contributed by atoms with Gasteiger partial charge in [-0.1, -0.05) is 42.5 Å². The molecule has 0 heterocycles. The molecule has 0 radical (unpaired) electrons. The molecule has 0 atom stereocenters. The van der Waals surface area contributed by atoms with Gasteiger partial charge in [-0.3, -0.25) is 0 Å². The van der Waals surface area contributed by atoms with Crippen molar-refractivity contribution in [1.29, 1.82) is 0 Å². The fraction of sp³-hybridized carbons (Fsp3) is 0.214. The summed E-state index contributed by atoms with van der Waals surface area (Å²) in [6.07, 6.45) is 8.40. The van der Waals surface area contributed by atoms with Crippen molar-refractivity contribution in [1.82, 2.24) is 0 Å². The summed E-state index contributed by atoms with van der Waals surface area (Å²) in [5.41, 5.74) is 0.619. The van der Waals surface area contributed by atoms with Crippen LogP contribution in [0.15, 0.2) is 54.6 Å². The van der Waals surface area contributed by atoms with Gasteiger partial charge in [-0.25, -0.2) is 4.79 Å². The molecule has 2 aliphatic carbocycles. The zero-order valence-corrected chi connectivity index (χ0v) is 8.74. The van der Waals surface area contributed by atoms with Crippen molar-refractivity contribution >= 4 is 5.97 Å². The van der Waals surface area contributed by atoms with Crippen molar-refractivity contribution in [3.8, 4) is 0 Å². The molecule has 1 aromatic carbocycles. The van der Waals surface area contributed by atoms with Gasteiger partial charge in [0.15, 0.2) is 0 Å². The third-order valence-electron chi connectivity index (χ3n) is 3.12. The Morgan fingerprint density at radius 3 is 2.06 bits per heavy atom. The van der Waals surface area contributed by atoms with E-state index in [1.54, 1.807) is 12.1 Å². The Morgan fingerprint density at radius 1 is 0.938 bits per heavy atom. The number of carbonyl (C=O) groups excluding carboxylic acids is 1. The molecule has 16 heavy (non-hydrogen) atoms. The van der Waals surface area contributed by atoms with Crippen molar-refractivity contribution in [2.24, 2.45) is 11.8 Å². The van der Waals surface area contributed by atoms with Gasteiger partial charge in [0.25, 0.3) is 0 Å². The quantitative estimate of drug-likeness (QED) is 0.556. The van der Waals surface area contributed by atoms with Crippen LogP contribution in [-0.2, 0) is 4.74 Å². The molecule has 3 rings (SSSR count). The monoisotopic (exact) mass is 212 g/mol. The average Bonchev–Trinajstić information content (AvgIpc) is 2.90. The molecule has 0 fully saturated rings. The highest BCUT2D eigenvalue weighted by Crippen LogP contribution is 2.35. The maximum Gasteiger partial charge on any atom is 0.338 e. The first-order valence-electron chi connectivity index (χ1n) is 5.47. The van der Waals surface area contributed by atoms with E-state index in [9.17, 15) is 4.79 Å². The second-order valence-corrected chi connectivity index (χ2v) is 4.16. The topological polar surface area (TPSA) is 26.3 Å². The molecule has 0 unspecified atom stereocenters. The van der Waals surface area contributed by atoms with Crippen molar-refractivity contribution in [2.75, 3.05) is 0 Å². The summed E-state index contributed by atoms with van der Waals surface area (Å²) in [6.45, 7) is 0. The van der Waals surface area contributed by atoms with Gasteiger partial charge in [0, 0.05) is 11.8 Å². The number of rotatable bonds is 2. The number of hydrogen-bond acceptors (Lipinski definition) is 2. The van der Waals surface area contributed by atoms with Crippen LogP contribution in [-0.4, -0.2) is 12.1 Å². The molecule has 0 saturated heterocycles. The lowest BCUT2D eigenvalue weighted by Crippen LogP contribution is -2.23. The highest BCUT2D eigenvalue weighted by Gasteiger charge is 2.36. The minimum absolute atomic E-state index is 0.0206. The minimum Gasteiger partial charge on any atom is -0.457 e. The van der Waals surface area contributed by atoms with E-state index in [0.717, 1.165) is 0 Å². The normalized spacial score (nSPS) is 29.6. The van der Waals surface area contributed by atoms with Gasteiger partial charge in [-0.05, 0) is 12.1 Å². The molecule has 2 aliphatic rings. The van der Waals surface area contributed by atoms with Gasteiger partial charge in [-0.15, -0.1) is 0 Å². The first-order chi connectivity index (χ1) is 7.84. The number of esters is 1. The van der Waals surface area contributed by atoms with E-state index in [1.165, 1.54) is 0 Å². The van der Waals surface area contributed by atoms with Crippen LogP contribution in [0.4, 0.5) is 0 Å². The molecule has 2 nitrogen and oxygen atoms in total. The SMILES string of the molecule is O=C(OC1C2C=CC1C=C2)c1ccccc1. The van der Waals surface area contributed by atoms with E-state index in [1.807, 2.05) is 18.2 Å².